The number of carbonyl (C=O) groups is 2. The van der Waals surface area contributed by atoms with E-state index in [0.717, 1.165) is 16.2 Å². The van der Waals surface area contributed by atoms with Crippen LogP contribution in [-0.4, -0.2) is 21.8 Å². The third kappa shape index (κ3) is 2.42. The molecule has 26 heavy (non-hydrogen) atoms. The van der Waals surface area contributed by atoms with Gasteiger partial charge in [-0.05, 0) is 18.2 Å². The highest BCUT2D eigenvalue weighted by Gasteiger charge is 2.47. The molecule has 3 heterocycles. The minimum Gasteiger partial charge on any atom is -0.503 e. The first-order valence-electron chi connectivity index (χ1n) is 7.58. The molecule has 1 aliphatic rings. The Kier molecular flexibility index (Phi) is 3.89. The monoisotopic (exact) mass is 370 g/mol. The van der Waals surface area contributed by atoms with E-state index in [-0.39, 0.29) is 22.0 Å². The molecule has 1 atom stereocenters. The zero-order chi connectivity index (χ0) is 18.3. The summed E-state index contributed by atoms with van der Waals surface area (Å²) in [5.41, 5.74) is -0.166. The molecule has 6 nitrogen and oxygen atoms in total. The van der Waals surface area contributed by atoms with Crippen molar-refractivity contribution in [3.05, 3.63) is 82.7 Å². The minimum atomic E-state index is -1.15. The van der Waals surface area contributed by atoms with Crippen molar-refractivity contribution >= 4 is 28.2 Å². The van der Waals surface area contributed by atoms with Crippen LogP contribution >= 0.6 is 11.3 Å². The molecule has 4 rings (SSSR count). The standard InChI is InChI=1S/C18H11FN2O4S/c19-11-5-2-1-4-10(11)14-13(15(22)12-6-3-8-25-12)16(23)17(24)21(14)18-20-7-9-26-18/h1-9,14,23H. The van der Waals surface area contributed by atoms with Crippen LogP contribution in [-0.2, 0) is 4.79 Å². The van der Waals surface area contributed by atoms with Crippen LogP contribution in [0.2, 0.25) is 0 Å². The molecule has 0 saturated carbocycles. The van der Waals surface area contributed by atoms with E-state index in [1.54, 1.807) is 11.4 Å². The average Bonchev–Trinajstić information content (AvgIpc) is 3.37. The van der Waals surface area contributed by atoms with Gasteiger partial charge in [-0.3, -0.25) is 14.5 Å². The van der Waals surface area contributed by atoms with E-state index in [1.165, 1.54) is 42.8 Å². The van der Waals surface area contributed by atoms with Crippen molar-refractivity contribution in [2.75, 3.05) is 4.90 Å². The predicted molar refractivity (Wildman–Crippen MR) is 91.4 cm³/mol. The first-order chi connectivity index (χ1) is 12.6. The molecule has 0 aliphatic carbocycles. The van der Waals surface area contributed by atoms with Gasteiger partial charge in [-0.25, -0.2) is 9.37 Å². The molecule has 0 saturated heterocycles. The van der Waals surface area contributed by atoms with Gasteiger partial charge in [-0.15, -0.1) is 11.3 Å². The van der Waals surface area contributed by atoms with Gasteiger partial charge in [0.05, 0.1) is 11.8 Å². The zero-order valence-electron chi connectivity index (χ0n) is 13.1. The van der Waals surface area contributed by atoms with Crippen LogP contribution in [0.5, 0.6) is 0 Å². The van der Waals surface area contributed by atoms with E-state index in [9.17, 15) is 19.1 Å². The Labute approximate surface area is 150 Å². The van der Waals surface area contributed by atoms with Crippen LogP contribution in [0.25, 0.3) is 0 Å². The molecule has 8 heteroatoms. The summed E-state index contributed by atoms with van der Waals surface area (Å²) in [5.74, 6) is -2.90. The molecule has 3 aromatic rings. The van der Waals surface area contributed by atoms with Crippen LogP contribution in [0.3, 0.4) is 0 Å². The number of Topliss-reactive ketones (excluding diaryl/α,β-unsaturated/α-hetero) is 1. The Morgan fingerprint density at radius 1 is 1.27 bits per heavy atom. The number of aliphatic hydroxyl groups excluding tert-OH is 1. The summed E-state index contributed by atoms with van der Waals surface area (Å²) in [7, 11) is 0. The molecular weight excluding hydrogens is 359 g/mol. The Hall–Kier alpha value is -3.26. The smallest absolute Gasteiger partial charge is 0.296 e. The average molecular weight is 370 g/mol. The van der Waals surface area contributed by atoms with Gasteiger partial charge in [0.15, 0.2) is 16.7 Å². The quantitative estimate of drug-likeness (QED) is 0.709. The maximum Gasteiger partial charge on any atom is 0.296 e. The number of aromatic nitrogens is 1. The molecule has 1 unspecified atom stereocenters. The van der Waals surface area contributed by atoms with Crippen molar-refractivity contribution < 1.29 is 23.5 Å². The SMILES string of the molecule is O=C(C1=C(O)C(=O)N(c2nccs2)C1c1ccccc1F)c1ccco1. The molecular formula is C18H11FN2O4S. The highest BCUT2D eigenvalue weighted by molar-refractivity contribution is 7.13. The summed E-state index contributed by atoms with van der Waals surface area (Å²) in [6, 6.07) is 7.56. The number of anilines is 1. The van der Waals surface area contributed by atoms with Crippen LogP contribution in [0.4, 0.5) is 9.52 Å². The number of amides is 1. The van der Waals surface area contributed by atoms with Gasteiger partial charge in [0.1, 0.15) is 11.9 Å². The predicted octanol–water partition coefficient (Wildman–Crippen LogP) is 3.66. The van der Waals surface area contributed by atoms with Gasteiger partial charge < -0.3 is 9.52 Å². The third-order valence-electron chi connectivity index (χ3n) is 4.02. The highest BCUT2D eigenvalue weighted by atomic mass is 32.1. The Balaban J connectivity index is 1.91. The lowest BCUT2D eigenvalue weighted by Gasteiger charge is -2.24. The van der Waals surface area contributed by atoms with Crippen molar-refractivity contribution in [2.45, 2.75) is 6.04 Å². The largest absolute Gasteiger partial charge is 0.503 e. The Morgan fingerprint density at radius 2 is 2.08 bits per heavy atom. The van der Waals surface area contributed by atoms with Gasteiger partial charge >= 0.3 is 0 Å². The first-order valence-corrected chi connectivity index (χ1v) is 8.46. The minimum absolute atomic E-state index is 0.0540. The first kappa shape index (κ1) is 16.2. The maximum atomic E-state index is 14.5. The summed E-state index contributed by atoms with van der Waals surface area (Å²) in [6.07, 6.45) is 2.79. The number of hydrogen-bond donors (Lipinski definition) is 1. The summed E-state index contributed by atoms with van der Waals surface area (Å²) >= 11 is 1.14. The molecule has 1 aromatic carbocycles. The number of ketones is 1. The summed E-state index contributed by atoms with van der Waals surface area (Å²) in [5, 5.41) is 12.3. The lowest BCUT2D eigenvalue weighted by molar-refractivity contribution is -0.117. The van der Waals surface area contributed by atoms with Crippen molar-refractivity contribution in [1.82, 2.24) is 4.98 Å². The maximum absolute atomic E-state index is 14.5. The topological polar surface area (TPSA) is 83.6 Å². The number of rotatable bonds is 4. The fraction of sp³-hybridized carbons (Fsp3) is 0.0556. The van der Waals surface area contributed by atoms with Crippen LogP contribution in [0, 0.1) is 5.82 Å². The van der Waals surface area contributed by atoms with Gasteiger partial charge in [0, 0.05) is 17.1 Å². The second-order valence-electron chi connectivity index (χ2n) is 5.48. The van der Waals surface area contributed by atoms with Gasteiger partial charge in [0.2, 0.25) is 5.78 Å². The number of nitrogens with zero attached hydrogens (tertiary/aromatic N) is 2. The number of carbonyl (C=O) groups excluding carboxylic acids is 2. The molecule has 130 valence electrons. The molecule has 1 aliphatic heterocycles. The van der Waals surface area contributed by atoms with Crippen molar-refractivity contribution in [1.29, 1.82) is 0 Å². The highest BCUT2D eigenvalue weighted by Crippen LogP contribution is 2.43. The van der Waals surface area contributed by atoms with E-state index < -0.39 is 29.3 Å². The Morgan fingerprint density at radius 3 is 2.73 bits per heavy atom. The second kappa shape index (κ2) is 6.23. The summed E-state index contributed by atoms with van der Waals surface area (Å²) < 4.78 is 19.6. The number of benzene rings is 1. The van der Waals surface area contributed by atoms with Gasteiger partial charge in [-0.2, -0.15) is 0 Å². The van der Waals surface area contributed by atoms with Gasteiger partial charge in [-0.1, -0.05) is 18.2 Å². The van der Waals surface area contributed by atoms with E-state index >= 15 is 0 Å². The normalized spacial score (nSPS) is 17.2. The lowest BCUT2D eigenvalue weighted by atomic mass is 9.95. The molecule has 2 aromatic heterocycles. The number of aliphatic hydroxyl groups is 1. The second-order valence-corrected chi connectivity index (χ2v) is 6.36. The van der Waals surface area contributed by atoms with E-state index in [1.807, 2.05) is 0 Å². The lowest BCUT2D eigenvalue weighted by Crippen LogP contribution is -2.31. The Bertz CT molecular complexity index is 1010. The van der Waals surface area contributed by atoms with E-state index in [0.29, 0.717) is 0 Å². The number of thiazole rings is 1. The summed E-state index contributed by atoms with van der Waals surface area (Å²) in [4.78, 5) is 30.7. The fourth-order valence-corrected chi connectivity index (χ4v) is 3.57. The van der Waals surface area contributed by atoms with Crippen molar-refractivity contribution in [3.63, 3.8) is 0 Å². The summed E-state index contributed by atoms with van der Waals surface area (Å²) in [6.45, 7) is 0. The number of hydrogen-bond acceptors (Lipinski definition) is 6. The molecule has 1 N–H and O–H groups in total. The molecule has 0 radical (unpaired) electrons. The third-order valence-corrected chi connectivity index (χ3v) is 4.79. The number of halogens is 1. The van der Waals surface area contributed by atoms with Crippen LogP contribution in [0.15, 0.2) is 70.0 Å². The van der Waals surface area contributed by atoms with Crippen molar-refractivity contribution in [2.24, 2.45) is 0 Å². The van der Waals surface area contributed by atoms with E-state index in [4.69, 9.17) is 4.42 Å². The molecule has 0 bridgehead atoms. The number of furan rings is 1. The van der Waals surface area contributed by atoms with Crippen LogP contribution in [0.1, 0.15) is 22.2 Å². The zero-order valence-corrected chi connectivity index (χ0v) is 13.9. The molecule has 0 spiro atoms. The van der Waals surface area contributed by atoms with Gasteiger partial charge in [0.25, 0.3) is 5.91 Å². The van der Waals surface area contributed by atoms with E-state index in [2.05, 4.69) is 4.98 Å². The molecule has 0 fully saturated rings. The fourth-order valence-electron chi connectivity index (χ4n) is 2.90. The molecule has 1 amide bonds. The van der Waals surface area contributed by atoms with Crippen molar-refractivity contribution in [3.8, 4) is 0 Å². The van der Waals surface area contributed by atoms with Crippen LogP contribution < -0.4 is 4.90 Å².